The number of halogens is 1. The summed E-state index contributed by atoms with van der Waals surface area (Å²) in [6.45, 7) is 6.34. The second-order valence-electron chi connectivity index (χ2n) is 3.93. The van der Waals surface area contributed by atoms with Gasteiger partial charge in [0.25, 0.3) is 0 Å². The molecule has 0 fully saturated rings. The van der Waals surface area contributed by atoms with Crippen molar-refractivity contribution in [1.29, 1.82) is 0 Å². The van der Waals surface area contributed by atoms with E-state index in [9.17, 15) is 0 Å². The van der Waals surface area contributed by atoms with Crippen molar-refractivity contribution >= 4 is 22.0 Å². The minimum absolute atomic E-state index is 0.532. The largest absolute Gasteiger partial charge is 0.487 e. The van der Waals surface area contributed by atoms with Gasteiger partial charge in [-0.15, -0.1) is 0 Å². The summed E-state index contributed by atoms with van der Waals surface area (Å²) < 4.78 is 6.62. The molecular formula is C15H14BrNO. The number of hydrogen-bond donors (Lipinski definition) is 0. The Kier molecular flexibility index (Phi) is 4.15. The molecule has 1 heterocycles. The average Bonchev–Trinajstić information content (AvgIpc) is 2.41. The molecule has 0 radical (unpaired) electrons. The number of hydrogen-bond acceptors (Lipinski definition) is 2. The molecule has 0 aliphatic rings. The molecule has 2 rings (SSSR count). The van der Waals surface area contributed by atoms with Crippen molar-refractivity contribution in [3.63, 3.8) is 0 Å². The summed E-state index contributed by atoms with van der Waals surface area (Å²) in [5.41, 5.74) is 3.15. The fourth-order valence-electron chi connectivity index (χ4n) is 1.68. The second kappa shape index (κ2) is 5.83. The molecule has 0 saturated carbocycles. The lowest BCUT2D eigenvalue weighted by Crippen LogP contribution is -1.99. The summed E-state index contributed by atoms with van der Waals surface area (Å²) in [7, 11) is 0. The van der Waals surface area contributed by atoms with Crippen molar-refractivity contribution in [3.05, 3.63) is 64.4 Å². The normalized spacial score (nSPS) is 10.1. The molecule has 92 valence electrons. The Bertz CT molecular complexity index is 552. The smallest absolute Gasteiger partial charge is 0.145 e. The van der Waals surface area contributed by atoms with Gasteiger partial charge in [0, 0.05) is 5.56 Å². The molecule has 0 spiro atoms. The molecule has 18 heavy (non-hydrogen) atoms. The van der Waals surface area contributed by atoms with Crippen LogP contribution in [0.1, 0.15) is 16.7 Å². The van der Waals surface area contributed by atoms with Crippen LogP contribution in [0.15, 0.2) is 47.7 Å². The maximum Gasteiger partial charge on any atom is 0.145 e. The van der Waals surface area contributed by atoms with Crippen LogP contribution in [0.2, 0.25) is 0 Å². The van der Waals surface area contributed by atoms with E-state index in [2.05, 4.69) is 27.5 Å². The van der Waals surface area contributed by atoms with Crippen LogP contribution in [-0.4, -0.2) is 4.98 Å². The zero-order valence-electron chi connectivity index (χ0n) is 10.2. The molecule has 0 saturated heterocycles. The monoisotopic (exact) mass is 303 g/mol. The van der Waals surface area contributed by atoms with Gasteiger partial charge in [-0.25, -0.2) is 4.98 Å². The maximum atomic E-state index is 5.80. The maximum absolute atomic E-state index is 5.80. The van der Waals surface area contributed by atoms with Crippen LogP contribution < -0.4 is 4.74 Å². The molecule has 0 aliphatic heterocycles. The van der Waals surface area contributed by atoms with E-state index in [-0.39, 0.29) is 0 Å². The Morgan fingerprint density at radius 2 is 2.06 bits per heavy atom. The Balaban J connectivity index is 2.20. The van der Waals surface area contributed by atoms with Crippen molar-refractivity contribution < 1.29 is 4.74 Å². The molecule has 0 atom stereocenters. The van der Waals surface area contributed by atoms with Gasteiger partial charge in [0.05, 0.1) is 6.20 Å². The third kappa shape index (κ3) is 2.79. The van der Waals surface area contributed by atoms with E-state index >= 15 is 0 Å². The summed E-state index contributed by atoms with van der Waals surface area (Å²) in [5.74, 6) is 0.759. The van der Waals surface area contributed by atoms with Crippen molar-refractivity contribution in [2.45, 2.75) is 13.5 Å². The van der Waals surface area contributed by atoms with Gasteiger partial charge < -0.3 is 4.74 Å². The molecule has 2 aromatic rings. The molecule has 0 amide bonds. The second-order valence-corrected chi connectivity index (χ2v) is 4.68. The van der Waals surface area contributed by atoms with Crippen LogP contribution in [0.3, 0.4) is 0 Å². The van der Waals surface area contributed by atoms with Gasteiger partial charge in [-0.2, -0.15) is 0 Å². The Morgan fingerprint density at radius 1 is 1.33 bits per heavy atom. The fraction of sp³-hybridized carbons (Fsp3) is 0.133. The van der Waals surface area contributed by atoms with Crippen LogP contribution >= 0.6 is 15.9 Å². The number of benzene rings is 1. The lowest BCUT2D eigenvalue weighted by atomic mass is 10.1. The predicted octanol–water partition coefficient (Wildman–Crippen LogP) is 4.37. The minimum atomic E-state index is 0.532. The van der Waals surface area contributed by atoms with E-state index in [1.54, 1.807) is 12.3 Å². The van der Waals surface area contributed by atoms with Crippen LogP contribution in [0.4, 0.5) is 0 Å². The van der Waals surface area contributed by atoms with Gasteiger partial charge in [-0.3, -0.25) is 0 Å². The molecule has 2 nitrogen and oxygen atoms in total. The lowest BCUT2D eigenvalue weighted by Gasteiger charge is -2.11. The van der Waals surface area contributed by atoms with Gasteiger partial charge >= 0.3 is 0 Å². The van der Waals surface area contributed by atoms with Gasteiger partial charge in [0.15, 0.2) is 0 Å². The topological polar surface area (TPSA) is 22.1 Å². The lowest BCUT2D eigenvalue weighted by molar-refractivity contribution is 0.304. The highest BCUT2D eigenvalue weighted by atomic mass is 79.9. The van der Waals surface area contributed by atoms with Gasteiger partial charge in [0.1, 0.15) is 17.0 Å². The Hall–Kier alpha value is -1.61. The molecule has 0 bridgehead atoms. The molecule has 0 unspecified atom stereocenters. The van der Waals surface area contributed by atoms with E-state index in [0.717, 1.165) is 27.0 Å². The quantitative estimate of drug-likeness (QED) is 0.782. The van der Waals surface area contributed by atoms with E-state index < -0.39 is 0 Å². The highest BCUT2D eigenvalue weighted by molar-refractivity contribution is 9.10. The predicted molar refractivity (Wildman–Crippen MR) is 77.5 cm³/mol. The zero-order valence-corrected chi connectivity index (χ0v) is 11.8. The number of aromatic nitrogens is 1. The Morgan fingerprint density at radius 3 is 2.72 bits per heavy atom. The highest BCUT2D eigenvalue weighted by Gasteiger charge is 2.08. The summed E-state index contributed by atoms with van der Waals surface area (Å²) in [6.07, 6.45) is 3.51. The highest BCUT2D eigenvalue weighted by Crippen LogP contribution is 2.27. The number of pyridine rings is 1. The van der Waals surface area contributed by atoms with Crippen LogP contribution in [-0.2, 0) is 6.61 Å². The summed E-state index contributed by atoms with van der Waals surface area (Å²) >= 11 is 3.40. The van der Waals surface area contributed by atoms with Crippen molar-refractivity contribution in [1.82, 2.24) is 4.98 Å². The van der Waals surface area contributed by atoms with Crippen LogP contribution in [0.25, 0.3) is 6.08 Å². The summed E-state index contributed by atoms with van der Waals surface area (Å²) in [5, 5.41) is 0. The number of ether oxygens (including phenoxy) is 1. The average molecular weight is 304 g/mol. The first-order valence-corrected chi connectivity index (χ1v) is 6.46. The van der Waals surface area contributed by atoms with Crippen molar-refractivity contribution in [2.24, 2.45) is 0 Å². The zero-order chi connectivity index (χ0) is 13.0. The molecule has 3 heteroatoms. The molecule has 0 aliphatic carbocycles. The van der Waals surface area contributed by atoms with Gasteiger partial charge in [0.2, 0.25) is 0 Å². The first-order valence-electron chi connectivity index (χ1n) is 5.66. The summed E-state index contributed by atoms with van der Waals surface area (Å²) in [4.78, 5) is 4.24. The van der Waals surface area contributed by atoms with Crippen molar-refractivity contribution in [3.8, 4) is 5.75 Å². The van der Waals surface area contributed by atoms with E-state index in [1.165, 1.54) is 0 Å². The molecule has 1 aromatic heterocycles. The molecule has 1 aromatic carbocycles. The Labute approximate surface area is 115 Å². The molecular weight excluding hydrogens is 290 g/mol. The minimum Gasteiger partial charge on any atom is -0.487 e. The van der Waals surface area contributed by atoms with Gasteiger partial charge in [-0.05, 0) is 34.0 Å². The fourth-order valence-corrected chi connectivity index (χ4v) is 2.00. The van der Waals surface area contributed by atoms with Crippen molar-refractivity contribution in [2.75, 3.05) is 0 Å². The number of nitrogens with zero attached hydrogens (tertiary/aromatic N) is 1. The molecule has 0 N–H and O–H groups in total. The van der Waals surface area contributed by atoms with Gasteiger partial charge in [-0.1, -0.05) is 43.0 Å². The van der Waals surface area contributed by atoms with E-state index in [4.69, 9.17) is 4.74 Å². The van der Waals surface area contributed by atoms with E-state index in [1.807, 2.05) is 37.3 Å². The SMILES string of the molecule is C=Cc1c(OCc2ccccc2)cnc(Br)c1C. The number of rotatable bonds is 4. The van der Waals surface area contributed by atoms with Crippen LogP contribution in [0.5, 0.6) is 5.75 Å². The third-order valence-electron chi connectivity index (χ3n) is 2.72. The van der Waals surface area contributed by atoms with Crippen LogP contribution in [0, 0.1) is 6.92 Å². The first kappa shape index (κ1) is 12.8. The first-order chi connectivity index (χ1) is 8.72. The summed E-state index contributed by atoms with van der Waals surface area (Å²) in [6, 6.07) is 10.1. The standard InChI is InChI=1S/C15H14BrNO/c1-3-13-11(2)15(16)17-9-14(13)18-10-12-7-5-4-6-8-12/h3-9H,1,10H2,2H3. The third-order valence-corrected chi connectivity index (χ3v) is 3.51. The van der Waals surface area contributed by atoms with E-state index in [0.29, 0.717) is 6.61 Å².